The number of carbonyl (C=O) groups excluding carboxylic acids is 1. The predicted molar refractivity (Wildman–Crippen MR) is 76.9 cm³/mol. The van der Waals surface area contributed by atoms with E-state index in [2.05, 4.69) is 36.3 Å². The third-order valence-corrected chi connectivity index (χ3v) is 3.85. The lowest BCUT2D eigenvalue weighted by molar-refractivity contribution is -0.112. The van der Waals surface area contributed by atoms with Gasteiger partial charge < -0.3 is 9.26 Å². The Bertz CT molecular complexity index is 519. The standard InChI is InChI=1S/C14H22N4O3/c1-14(2,3)11-7-12(21-16-11)15-13(19)18-6-4-5-17(18)10-8-20-9-10/h7,10H,4-6,8-9H2,1-3H3,(H,15,19). The molecule has 1 aromatic rings. The van der Waals surface area contributed by atoms with Gasteiger partial charge in [-0.2, -0.15) is 0 Å². The van der Waals surface area contributed by atoms with Gasteiger partial charge in [-0.1, -0.05) is 25.9 Å². The van der Waals surface area contributed by atoms with Crippen LogP contribution in [0, 0.1) is 0 Å². The summed E-state index contributed by atoms with van der Waals surface area (Å²) in [4.78, 5) is 12.4. The molecule has 7 nitrogen and oxygen atoms in total. The summed E-state index contributed by atoms with van der Waals surface area (Å²) in [5, 5.41) is 10.6. The molecule has 2 amide bonds. The summed E-state index contributed by atoms with van der Waals surface area (Å²) in [5.74, 6) is 0.390. The first kappa shape index (κ1) is 14.3. The van der Waals surface area contributed by atoms with Crippen molar-refractivity contribution in [1.29, 1.82) is 0 Å². The fourth-order valence-electron chi connectivity index (χ4n) is 2.48. The van der Waals surface area contributed by atoms with Gasteiger partial charge in [-0.15, -0.1) is 0 Å². The number of urea groups is 1. The number of anilines is 1. The summed E-state index contributed by atoms with van der Waals surface area (Å²) in [7, 11) is 0. The van der Waals surface area contributed by atoms with Crippen LogP contribution in [0.5, 0.6) is 0 Å². The van der Waals surface area contributed by atoms with Gasteiger partial charge in [-0.25, -0.2) is 9.80 Å². The Balaban J connectivity index is 1.64. The molecule has 2 aliphatic heterocycles. The summed E-state index contributed by atoms with van der Waals surface area (Å²) in [6.45, 7) is 9.16. The van der Waals surface area contributed by atoms with Gasteiger partial charge in [-0.3, -0.25) is 10.3 Å². The molecule has 7 heteroatoms. The Labute approximate surface area is 124 Å². The zero-order valence-electron chi connectivity index (χ0n) is 12.8. The SMILES string of the molecule is CC(C)(C)c1cc(NC(=O)N2CCCN2C2COC2)on1. The second-order valence-corrected chi connectivity index (χ2v) is 6.59. The second-order valence-electron chi connectivity index (χ2n) is 6.59. The fraction of sp³-hybridized carbons (Fsp3) is 0.714. The number of amides is 2. The van der Waals surface area contributed by atoms with Crippen LogP contribution >= 0.6 is 0 Å². The van der Waals surface area contributed by atoms with E-state index >= 15 is 0 Å². The molecule has 2 aliphatic rings. The lowest BCUT2D eigenvalue weighted by atomic mass is 9.92. The van der Waals surface area contributed by atoms with E-state index in [1.165, 1.54) is 0 Å². The maximum absolute atomic E-state index is 12.4. The van der Waals surface area contributed by atoms with Crippen molar-refractivity contribution in [2.75, 3.05) is 31.6 Å². The van der Waals surface area contributed by atoms with Crippen molar-refractivity contribution in [3.05, 3.63) is 11.8 Å². The number of nitrogens with one attached hydrogen (secondary N) is 1. The quantitative estimate of drug-likeness (QED) is 0.901. The van der Waals surface area contributed by atoms with Gasteiger partial charge in [-0.05, 0) is 6.42 Å². The molecule has 0 aromatic carbocycles. The summed E-state index contributed by atoms with van der Waals surface area (Å²) in [6.07, 6.45) is 0.980. The molecular formula is C14H22N4O3. The Morgan fingerprint density at radius 3 is 2.71 bits per heavy atom. The van der Waals surface area contributed by atoms with Gasteiger partial charge in [0.05, 0.1) is 24.9 Å². The summed E-state index contributed by atoms with van der Waals surface area (Å²) >= 11 is 0. The van der Waals surface area contributed by atoms with E-state index in [9.17, 15) is 4.79 Å². The van der Waals surface area contributed by atoms with Gasteiger partial charge in [0.2, 0.25) is 5.88 Å². The molecule has 0 saturated carbocycles. The minimum Gasteiger partial charge on any atom is -0.378 e. The first-order valence-corrected chi connectivity index (χ1v) is 7.35. The van der Waals surface area contributed by atoms with Crippen molar-refractivity contribution < 1.29 is 14.1 Å². The van der Waals surface area contributed by atoms with Crippen LogP contribution in [0.3, 0.4) is 0 Å². The highest BCUT2D eigenvalue weighted by Gasteiger charge is 2.36. The Morgan fingerprint density at radius 2 is 2.14 bits per heavy atom. The monoisotopic (exact) mass is 294 g/mol. The van der Waals surface area contributed by atoms with E-state index in [0.717, 1.165) is 25.2 Å². The number of nitrogens with zero attached hydrogens (tertiary/aromatic N) is 3. The van der Waals surface area contributed by atoms with E-state index in [1.54, 1.807) is 11.1 Å². The molecule has 0 bridgehead atoms. The second kappa shape index (κ2) is 5.31. The maximum atomic E-state index is 12.4. The Hall–Kier alpha value is -1.60. The predicted octanol–water partition coefficient (Wildman–Crippen LogP) is 1.83. The maximum Gasteiger partial charge on any atom is 0.338 e. The molecule has 1 N–H and O–H groups in total. The van der Waals surface area contributed by atoms with Crippen LogP contribution in [0.1, 0.15) is 32.9 Å². The highest BCUT2D eigenvalue weighted by atomic mass is 16.5. The van der Waals surface area contributed by atoms with Gasteiger partial charge in [0.1, 0.15) is 0 Å². The number of rotatable bonds is 2. The number of carbonyl (C=O) groups is 1. The molecule has 3 heterocycles. The lowest BCUT2D eigenvalue weighted by Crippen LogP contribution is -2.56. The number of hydrogen-bond acceptors (Lipinski definition) is 5. The van der Waals surface area contributed by atoms with E-state index in [0.29, 0.717) is 25.1 Å². The van der Waals surface area contributed by atoms with E-state index in [-0.39, 0.29) is 11.4 Å². The number of hydrogen-bond donors (Lipinski definition) is 1. The third kappa shape index (κ3) is 2.89. The molecule has 116 valence electrons. The smallest absolute Gasteiger partial charge is 0.338 e. The normalized spacial score (nSPS) is 20.6. The first-order chi connectivity index (χ1) is 9.95. The molecule has 21 heavy (non-hydrogen) atoms. The molecule has 0 atom stereocenters. The van der Waals surface area contributed by atoms with Crippen molar-refractivity contribution in [2.24, 2.45) is 0 Å². The van der Waals surface area contributed by atoms with E-state index in [1.807, 2.05) is 0 Å². The summed E-state index contributed by atoms with van der Waals surface area (Å²) in [5.41, 5.74) is 0.721. The Morgan fingerprint density at radius 1 is 1.38 bits per heavy atom. The van der Waals surface area contributed by atoms with Crippen LogP contribution in [0.2, 0.25) is 0 Å². The van der Waals surface area contributed by atoms with Crippen LogP contribution in [0.25, 0.3) is 0 Å². The minimum absolute atomic E-state index is 0.102. The van der Waals surface area contributed by atoms with Gasteiger partial charge in [0, 0.05) is 24.6 Å². The Kier molecular flexibility index (Phi) is 3.62. The number of hydrazine groups is 1. The molecule has 3 rings (SSSR count). The molecule has 1 aromatic heterocycles. The van der Waals surface area contributed by atoms with Crippen LogP contribution in [-0.4, -0.2) is 53.6 Å². The van der Waals surface area contributed by atoms with Crippen LogP contribution in [0.4, 0.5) is 10.7 Å². The van der Waals surface area contributed by atoms with Crippen molar-refractivity contribution in [3.8, 4) is 0 Å². The third-order valence-electron chi connectivity index (χ3n) is 3.85. The highest BCUT2D eigenvalue weighted by molar-refractivity contribution is 5.87. The lowest BCUT2D eigenvalue weighted by Gasteiger charge is -2.39. The van der Waals surface area contributed by atoms with Crippen LogP contribution in [0.15, 0.2) is 10.6 Å². The van der Waals surface area contributed by atoms with Gasteiger partial charge in [0.25, 0.3) is 0 Å². The molecule has 2 fully saturated rings. The largest absolute Gasteiger partial charge is 0.378 e. The highest BCUT2D eigenvalue weighted by Crippen LogP contribution is 2.25. The van der Waals surface area contributed by atoms with Crippen molar-refractivity contribution in [2.45, 2.75) is 38.6 Å². The average Bonchev–Trinajstić information content (AvgIpc) is 2.94. The van der Waals surface area contributed by atoms with Gasteiger partial charge >= 0.3 is 6.03 Å². The molecular weight excluding hydrogens is 272 g/mol. The fourth-order valence-corrected chi connectivity index (χ4v) is 2.48. The molecule has 0 unspecified atom stereocenters. The molecule has 2 saturated heterocycles. The number of ether oxygens (including phenoxy) is 1. The topological polar surface area (TPSA) is 70.8 Å². The van der Waals surface area contributed by atoms with Crippen LogP contribution < -0.4 is 5.32 Å². The zero-order valence-corrected chi connectivity index (χ0v) is 12.8. The van der Waals surface area contributed by atoms with E-state index < -0.39 is 0 Å². The molecule has 0 aliphatic carbocycles. The van der Waals surface area contributed by atoms with Crippen LogP contribution in [-0.2, 0) is 10.2 Å². The van der Waals surface area contributed by atoms with Gasteiger partial charge in [0.15, 0.2) is 0 Å². The summed E-state index contributed by atoms with van der Waals surface area (Å²) in [6, 6.07) is 1.93. The molecule has 0 spiro atoms. The van der Waals surface area contributed by atoms with Crippen molar-refractivity contribution in [1.82, 2.24) is 15.2 Å². The summed E-state index contributed by atoms with van der Waals surface area (Å²) < 4.78 is 10.4. The average molecular weight is 294 g/mol. The minimum atomic E-state index is -0.170. The molecule has 0 radical (unpaired) electrons. The van der Waals surface area contributed by atoms with Crippen molar-refractivity contribution in [3.63, 3.8) is 0 Å². The first-order valence-electron chi connectivity index (χ1n) is 7.35. The van der Waals surface area contributed by atoms with E-state index in [4.69, 9.17) is 9.26 Å². The van der Waals surface area contributed by atoms with Crippen molar-refractivity contribution >= 4 is 11.9 Å². The zero-order chi connectivity index (χ0) is 15.0. The number of aromatic nitrogens is 1.